The zero-order chi connectivity index (χ0) is 13.2. The number of ether oxygens (including phenoxy) is 3. The normalized spacial score (nSPS) is 10.3. The topological polar surface area (TPSA) is 91.5 Å². The van der Waals surface area contributed by atoms with Crippen LogP contribution in [-0.2, 0) is 9.47 Å². The highest BCUT2D eigenvalue weighted by Gasteiger charge is 2.01. The molecule has 1 rings (SSSR count). The summed E-state index contributed by atoms with van der Waals surface area (Å²) < 4.78 is 15.6. The lowest BCUT2D eigenvalue weighted by Crippen LogP contribution is -2.08. The third-order valence-corrected chi connectivity index (χ3v) is 2.09. The summed E-state index contributed by atoms with van der Waals surface area (Å²) in [7, 11) is 3.40. The van der Waals surface area contributed by atoms with Gasteiger partial charge < -0.3 is 25.3 Å². The molecule has 1 heterocycles. The van der Waals surface area contributed by atoms with Crippen molar-refractivity contribution in [2.45, 2.75) is 6.42 Å². The summed E-state index contributed by atoms with van der Waals surface area (Å²) in [6, 6.07) is 1.70. The maximum Gasteiger partial charge on any atom is 0.225 e. The van der Waals surface area contributed by atoms with Gasteiger partial charge in [0.05, 0.1) is 19.8 Å². The van der Waals surface area contributed by atoms with Crippen LogP contribution in [-0.4, -0.2) is 50.6 Å². The number of methoxy groups -OCH3 is 1. The predicted molar refractivity (Wildman–Crippen MR) is 68.8 cm³/mol. The monoisotopic (exact) mass is 256 g/mol. The molecule has 0 aliphatic rings. The molecular formula is C11H20N4O3. The van der Waals surface area contributed by atoms with Gasteiger partial charge in [-0.05, 0) is 0 Å². The Morgan fingerprint density at radius 2 is 2.06 bits per heavy atom. The van der Waals surface area contributed by atoms with Crippen LogP contribution in [0.2, 0.25) is 0 Å². The van der Waals surface area contributed by atoms with Gasteiger partial charge in [0, 0.05) is 33.3 Å². The van der Waals surface area contributed by atoms with E-state index >= 15 is 0 Å². The quantitative estimate of drug-likeness (QED) is 0.623. The molecule has 102 valence electrons. The largest absolute Gasteiger partial charge is 0.477 e. The molecule has 0 saturated carbocycles. The Bertz CT molecular complexity index is 349. The molecule has 1 aromatic heterocycles. The van der Waals surface area contributed by atoms with Crippen molar-refractivity contribution in [2.75, 3.05) is 51.6 Å². The molecule has 3 N–H and O–H groups in total. The molecule has 7 nitrogen and oxygen atoms in total. The van der Waals surface area contributed by atoms with Crippen molar-refractivity contribution in [3.63, 3.8) is 0 Å². The fourth-order valence-electron chi connectivity index (χ4n) is 1.23. The molecule has 0 saturated heterocycles. The fraction of sp³-hybridized carbons (Fsp3) is 0.636. The van der Waals surface area contributed by atoms with E-state index in [9.17, 15) is 0 Å². The molecule has 0 unspecified atom stereocenters. The van der Waals surface area contributed by atoms with Crippen LogP contribution < -0.4 is 15.8 Å². The molecule has 7 heteroatoms. The van der Waals surface area contributed by atoms with Crippen molar-refractivity contribution in [2.24, 2.45) is 0 Å². The first-order valence-electron chi connectivity index (χ1n) is 5.78. The number of nitrogens with one attached hydrogen (secondary N) is 1. The fourth-order valence-corrected chi connectivity index (χ4v) is 1.23. The van der Waals surface area contributed by atoms with E-state index < -0.39 is 0 Å². The number of nitrogen functional groups attached to an aromatic ring is 1. The van der Waals surface area contributed by atoms with Crippen molar-refractivity contribution >= 4 is 11.8 Å². The number of nitrogens with two attached hydrogens (primary N) is 1. The van der Waals surface area contributed by atoms with E-state index in [1.807, 2.05) is 0 Å². The number of hydrogen-bond donors (Lipinski definition) is 2. The van der Waals surface area contributed by atoms with E-state index in [0.29, 0.717) is 38.1 Å². The number of aromatic nitrogens is 2. The second kappa shape index (κ2) is 8.48. The Morgan fingerprint density at radius 3 is 2.78 bits per heavy atom. The van der Waals surface area contributed by atoms with E-state index in [-0.39, 0.29) is 5.95 Å². The van der Waals surface area contributed by atoms with E-state index in [0.717, 1.165) is 6.42 Å². The van der Waals surface area contributed by atoms with Gasteiger partial charge >= 0.3 is 0 Å². The first kappa shape index (κ1) is 14.5. The minimum Gasteiger partial charge on any atom is -0.477 e. The zero-order valence-electron chi connectivity index (χ0n) is 10.8. The van der Waals surface area contributed by atoms with Gasteiger partial charge in [-0.3, -0.25) is 0 Å². The van der Waals surface area contributed by atoms with E-state index in [4.69, 9.17) is 19.9 Å². The molecule has 0 aliphatic heterocycles. The third kappa shape index (κ3) is 5.65. The van der Waals surface area contributed by atoms with Crippen LogP contribution in [0.3, 0.4) is 0 Å². The van der Waals surface area contributed by atoms with Crippen LogP contribution >= 0.6 is 0 Å². The van der Waals surface area contributed by atoms with Gasteiger partial charge in [0.1, 0.15) is 5.82 Å². The first-order chi connectivity index (χ1) is 8.76. The molecule has 0 spiro atoms. The average Bonchev–Trinajstić information content (AvgIpc) is 2.37. The lowest BCUT2D eigenvalue weighted by molar-refractivity contribution is 0.0642. The SMILES string of the molecule is CNc1cc(OCCCOCCOC)nc(N)n1. The average molecular weight is 256 g/mol. The Balaban J connectivity index is 2.20. The second-order valence-corrected chi connectivity index (χ2v) is 3.51. The Labute approximate surface area is 107 Å². The molecule has 0 bridgehead atoms. The van der Waals surface area contributed by atoms with Crippen molar-refractivity contribution in [1.82, 2.24) is 9.97 Å². The maximum absolute atomic E-state index is 5.54. The lowest BCUT2D eigenvalue weighted by atomic mass is 10.5. The molecule has 18 heavy (non-hydrogen) atoms. The summed E-state index contributed by atoms with van der Waals surface area (Å²) in [5, 5.41) is 2.88. The van der Waals surface area contributed by atoms with Crippen LogP contribution in [0.5, 0.6) is 5.88 Å². The van der Waals surface area contributed by atoms with Crippen LogP contribution in [0.25, 0.3) is 0 Å². The Morgan fingerprint density at radius 1 is 1.22 bits per heavy atom. The molecule has 0 aliphatic carbocycles. The smallest absolute Gasteiger partial charge is 0.225 e. The number of rotatable bonds is 9. The van der Waals surface area contributed by atoms with Crippen LogP contribution in [0.1, 0.15) is 6.42 Å². The standard InChI is InChI=1S/C11H20N4O3/c1-13-9-8-10(15-11(12)14-9)18-5-3-4-17-7-6-16-2/h8H,3-7H2,1-2H3,(H3,12,13,14,15). The van der Waals surface area contributed by atoms with Crippen LogP contribution in [0.4, 0.5) is 11.8 Å². The lowest BCUT2D eigenvalue weighted by Gasteiger charge is -2.08. The van der Waals surface area contributed by atoms with E-state index in [2.05, 4.69) is 15.3 Å². The molecule has 0 aromatic carbocycles. The van der Waals surface area contributed by atoms with Gasteiger partial charge in [-0.2, -0.15) is 9.97 Å². The van der Waals surface area contributed by atoms with Crippen molar-refractivity contribution in [1.29, 1.82) is 0 Å². The molecule has 0 atom stereocenters. The Hall–Kier alpha value is -1.60. The molecule has 0 radical (unpaired) electrons. The summed E-state index contributed by atoms with van der Waals surface area (Å²) in [6.07, 6.45) is 0.780. The predicted octanol–water partition coefficient (Wildman–Crippen LogP) is 0.532. The molecule has 1 aromatic rings. The minimum absolute atomic E-state index is 0.188. The minimum atomic E-state index is 0.188. The maximum atomic E-state index is 5.54. The highest BCUT2D eigenvalue weighted by Crippen LogP contribution is 2.13. The van der Waals surface area contributed by atoms with Crippen molar-refractivity contribution < 1.29 is 14.2 Å². The summed E-state index contributed by atoms with van der Waals surface area (Å²) in [5.41, 5.74) is 5.54. The molecule has 0 amide bonds. The zero-order valence-corrected chi connectivity index (χ0v) is 10.8. The molecule has 0 fully saturated rings. The van der Waals surface area contributed by atoms with Gasteiger partial charge in [0.25, 0.3) is 0 Å². The highest BCUT2D eigenvalue weighted by atomic mass is 16.5. The first-order valence-corrected chi connectivity index (χ1v) is 5.78. The second-order valence-electron chi connectivity index (χ2n) is 3.51. The summed E-state index contributed by atoms with van der Waals surface area (Å²) in [5.74, 6) is 1.28. The number of nitrogens with zero attached hydrogens (tertiary/aromatic N) is 2. The van der Waals surface area contributed by atoms with Crippen molar-refractivity contribution in [3.8, 4) is 5.88 Å². The highest BCUT2D eigenvalue weighted by molar-refractivity contribution is 5.41. The van der Waals surface area contributed by atoms with Gasteiger partial charge in [-0.15, -0.1) is 0 Å². The van der Waals surface area contributed by atoms with Gasteiger partial charge in [-0.1, -0.05) is 0 Å². The van der Waals surface area contributed by atoms with Crippen molar-refractivity contribution in [3.05, 3.63) is 6.07 Å². The summed E-state index contributed by atoms with van der Waals surface area (Å²) in [4.78, 5) is 7.94. The Kier molecular flexibility index (Phi) is 6.82. The summed E-state index contributed by atoms with van der Waals surface area (Å²) in [6.45, 7) is 2.35. The van der Waals surface area contributed by atoms with Gasteiger partial charge in [0.2, 0.25) is 11.8 Å². The van der Waals surface area contributed by atoms with Gasteiger partial charge in [0.15, 0.2) is 0 Å². The van der Waals surface area contributed by atoms with E-state index in [1.54, 1.807) is 20.2 Å². The molecular weight excluding hydrogens is 236 g/mol. The van der Waals surface area contributed by atoms with E-state index in [1.165, 1.54) is 0 Å². The number of anilines is 2. The summed E-state index contributed by atoms with van der Waals surface area (Å²) >= 11 is 0. The van der Waals surface area contributed by atoms with Crippen LogP contribution in [0.15, 0.2) is 6.07 Å². The van der Waals surface area contributed by atoms with Gasteiger partial charge in [-0.25, -0.2) is 0 Å². The third-order valence-electron chi connectivity index (χ3n) is 2.09. The van der Waals surface area contributed by atoms with Crippen LogP contribution in [0, 0.1) is 0 Å². The number of hydrogen-bond acceptors (Lipinski definition) is 7.